The number of nitrogens with zero attached hydrogens (tertiary/aromatic N) is 2. The Morgan fingerprint density at radius 3 is 2.57 bits per heavy atom. The molecule has 0 spiro atoms. The second-order valence-corrected chi connectivity index (χ2v) is 10.8. The lowest BCUT2D eigenvalue weighted by Gasteiger charge is -2.14. The van der Waals surface area contributed by atoms with Crippen LogP contribution in [0.1, 0.15) is 21.5 Å². The zero-order chi connectivity index (χ0) is 29.4. The highest BCUT2D eigenvalue weighted by molar-refractivity contribution is 8.18. The van der Waals surface area contributed by atoms with Gasteiger partial charge < -0.3 is 24.1 Å². The molecule has 3 aromatic carbocycles. The molecule has 1 aromatic heterocycles. The SMILES string of the molecule is COC(=O)c1ccc(NC(=O)Cn2cc(/C=C3\SC(=O)N(Cc4cc5c(cc4Cl)OCO5)C3=O)c3ccccc32)cc1. The molecule has 2 aliphatic heterocycles. The summed E-state index contributed by atoms with van der Waals surface area (Å²) in [6.45, 7) is 0.0655. The number of esters is 1. The van der Waals surface area contributed by atoms with Crippen LogP contribution in [0.4, 0.5) is 10.5 Å². The monoisotopic (exact) mass is 603 g/mol. The molecule has 1 fully saturated rings. The fourth-order valence-electron chi connectivity index (χ4n) is 4.71. The number of halogens is 1. The average molecular weight is 604 g/mol. The molecule has 212 valence electrons. The highest BCUT2D eigenvalue weighted by Crippen LogP contribution is 2.40. The molecule has 2 aliphatic rings. The number of ether oxygens (including phenoxy) is 3. The molecule has 0 radical (unpaired) electrons. The van der Waals surface area contributed by atoms with Crippen molar-refractivity contribution in [3.63, 3.8) is 0 Å². The molecule has 12 heteroatoms. The van der Waals surface area contributed by atoms with Crippen molar-refractivity contribution in [1.82, 2.24) is 9.47 Å². The van der Waals surface area contributed by atoms with Gasteiger partial charge in [-0.2, -0.15) is 0 Å². The van der Waals surface area contributed by atoms with Crippen LogP contribution in [0.5, 0.6) is 11.5 Å². The minimum Gasteiger partial charge on any atom is -0.465 e. The molecule has 1 saturated heterocycles. The Kier molecular flexibility index (Phi) is 7.36. The second-order valence-electron chi connectivity index (χ2n) is 9.41. The summed E-state index contributed by atoms with van der Waals surface area (Å²) >= 11 is 7.22. The number of fused-ring (bicyclic) bond motifs is 2. The van der Waals surface area contributed by atoms with Crippen molar-refractivity contribution in [1.29, 1.82) is 0 Å². The van der Waals surface area contributed by atoms with Crippen LogP contribution < -0.4 is 14.8 Å². The van der Waals surface area contributed by atoms with Gasteiger partial charge in [0, 0.05) is 39.4 Å². The normalized spacial score (nSPS) is 15.1. The molecule has 4 aromatic rings. The highest BCUT2D eigenvalue weighted by Gasteiger charge is 2.36. The lowest BCUT2D eigenvalue weighted by Crippen LogP contribution is -2.27. The van der Waals surface area contributed by atoms with Crippen LogP contribution >= 0.6 is 23.4 Å². The number of hydrogen-bond donors (Lipinski definition) is 1. The zero-order valence-electron chi connectivity index (χ0n) is 22.1. The molecule has 42 heavy (non-hydrogen) atoms. The maximum Gasteiger partial charge on any atom is 0.337 e. The van der Waals surface area contributed by atoms with Gasteiger partial charge in [0.2, 0.25) is 12.7 Å². The summed E-state index contributed by atoms with van der Waals surface area (Å²) in [5, 5.41) is 3.59. The topological polar surface area (TPSA) is 116 Å². The predicted octanol–water partition coefficient (Wildman–Crippen LogP) is 5.69. The minimum atomic E-state index is -0.464. The molecular formula is C30H22ClN3O7S. The number of benzene rings is 3. The first-order chi connectivity index (χ1) is 20.3. The molecule has 0 bridgehead atoms. The number of hydrogen-bond acceptors (Lipinski definition) is 8. The number of thioether (sulfide) groups is 1. The van der Waals surface area contributed by atoms with Crippen LogP contribution in [0.2, 0.25) is 5.02 Å². The van der Waals surface area contributed by atoms with Crippen LogP contribution in [0.15, 0.2) is 71.8 Å². The number of para-hydroxylation sites is 1. The summed E-state index contributed by atoms with van der Waals surface area (Å²) in [5.41, 5.74) is 2.94. The number of aromatic nitrogens is 1. The van der Waals surface area contributed by atoms with Crippen molar-refractivity contribution in [3.05, 3.63) is 93.5 Å². The fraction of sp³-hybridized carbons (Fsp3) is 0.133. The van der Waals surface area contributed by atoms with E-state index in [-0.39, 0.29) is 30.7 Å². The number of anilines is 1. The van der Waals surface area contributed by atoms with Gasteiger partial charge in [-0.25, -0.2) is 4.79 Å². The van der Waals surface area contributed by atoms with E-state index in [1.807, 2.05) is 24.3 Å². The van der Waals surface area contributed by atoms with Gasteiger partial charge in [0.05, 0.1) is 24.1 Å². The Balaban J connectivity index is 1.21. The molecule has 0 unspecified atom stereocenters. The van der Waals surface area contributed by atoms with Gasteiger partial charge in [-0.1, -0.05) is 29.8 Å². The third-order valence-electron chi connectivity index (χ3n) is 6.75. The second kappa shape index (κ2) is 11.3. The van der Waals surface area contributed by atoms with Gasteiger partial charge in [0.1, 0.15) is 6.54 Å². The molecule has 10 nitrogen and oxygen atoms in total. The Labute approximate surface area is 248 Å². The Morgan fingerprint density at radius 1 is 1.07 bits per heavy atom. The number of carbonyl (C=O) groups excluding carboxylic acids is 4. The summed E-state index contributed by atoms with van der Waals surface area (Å²) in [6, 6.07) is 17.1. The quantitative estimate of drug-likeness (QED) is 0.212. The van der Waals surface area contributed by atoms with E-state index in [4.69, 9.17) is 25.8 Å². The van der Waals surface area contributed by atoms with E-state index in [0.717, 1.165) is 27.6 Å². The van der Waals surface area contributed by atoms with E-state index < -0.39 is 17.1 Å². The van der Waals surface area contributed by atoms with Crippen LogP contribution in [0.25, 0.3) is 17.0 Å². The summed E-state index contributed by atoms with van der Waals surface area (Å²) in [5.74, 6) is -0.169. The summed E-state index contributed by atoms with van der Waals surface area (Å²) in [7, 11) is 1.30. The molecule has 0 saturated carbocycles. The van der Waals surface area contributed by atoms with Gasteiger partial charge in [0.15, 0.2) is 11.5 Å². The zero-order valence-corrected chi connectivity index (χ0v) is 23.7. The predicted molar refractivity (Wildman–Crippen MR) is 157 cm³/mol. The smallest absolute Gasteiger partial charge is 0.337 e. The third kappa shape index (κ3) is 5.31. The maximum absolute atomic E-state index is 13.3. The fourth-order valence-corrected chi connectivity index (χ4v) is 5.75. The largest absolute Gasteiger partial charge is 0.465 e. The van der Waals surface area contributed by atoms with Gasteiger partial charge >= 0.3 is 5.97 Å². The third-order valence-corrected chi connectivity index (χ3v) is 8.01. The number of imide groups is 1. The van der Waals surface area contributed by atoms with Crippen molar-refractivity contribution in [2.24, 2.45) is 0 Å². The molecule has 3 amide bonds. The summed E-state index contributed by atoms with van der Waals surface area (Å²) in [6.07, 6.45) is 3.43. The lowest BCUT2D eigenvalue weighted by atomic mass is 10.1. The first-order valence-electron chi connectivity index (χ1n) is 12.7. The molecule has 3 heterocycles. The van der Waals surface area contributed by atoms with E-state index in [1.54, 1.807) is 53.2 Å². The standard InChI is InChI=1S/C30H22ClN3O7S/c1-39-29(37)17-6-8-20(9-7-17)32-27(35)15-33-13-18(21-4-2-3-5-23(21)33)11-26-28(36)34(30(38)42-26)14-19-10-24-25(12-22(19)31)41-16-40-24/h2-13H,14-16H2,1H3,(H,32,35)/b26-11-. The van der Waals surface area contributed by atoms with Gasteiger partial charge in [0.25, 0.3) is 11.1 Å². The summed E-state index contributed by atoms with van der Waals surface area (Å²) in [4.78, 5) is 52.1. The highest BCUT2D eigenvalue weighted by atomic mass is 35.5. The van der Waals surface area contributed by atoms with Crippen LogP contribution in [0.3, 0.4) is 0 Å². The maximum atomic E-state index is 13.3. The van der Waals surface area contributed by atoms with Crippen molar-refractivity contribution in [2.45, 2.75) is 13.1 Å². The van der Waals surface area contributed by atoms with Gasteiger partial charge in [-0.15, -0.1) is 0 Å². The van der Waals surface area contributed by atoms with Crippen LogP contribution in [0, 0.1) is 0 Å². The van der Waals surface area contributed by atoms with E-state index in [1.165, 1.54) is 7.11 Å². The van der Waals surface area contributed by atoms with Crippen LogP contribution in [-0.2, 0) is 27.4 Å². The van der Waals surface area contributed by atoms with E-state index in [2.05, 4.69) is 5.32 Å². The molecule has 0 atom stereocenters. The van der Waals surface area contributed by atoms with E-state index in [0.29, 0.717) is 38.9 Å². The van der Waals surface area contributed by atoms with Crippen molar-refractivity contribution in [2.75, 3.05) is 19.2 Å². The molecular weight excluding hydrogens is 582 g/mol. The Bertz CT molecular complexity index is 1800. The van der Waals surface area contributed by atoms with Crippen molar-refractivity contribution >= 4 is 69.1 Å². The minimum absolute atomic E-state index is 0.00278. The number of methoxy groups -OCH3 is 1. The first-order valence-corrected chi connectivity index (χ1v) is 13.9. The number of amides is 3. The Hall–Kier alpha value is -4.74. The molecule has 0 aliphatic carbocycles. The lowest BCUT2D eigenvalue weighted by molar-refractivity contribution is -0.123. The van der Waals surface area contributed by atoms with E-state index in [9.17, 15) is 19.2 Å². The molecule has 6 rings (SSSR count). The molecule has 1 N–H and O–H groups in total. The number of rotatable bonds is 7. The van der Waals surface area contributed by atoms with Crippen LogP contribution in [-0.4, -0.2) is 46.4 Å². The average Bonchev–Trinajstić information content (AvgIpc) is 3.65. The Morgan fingerprint density at radius 2 is 1.81 bits per heavy atom. The first kappa shape index (κ1) is 27.4. The number of carbonyl (C=O) groups is 4. The van der Waals surface area contributed by atoms with Crippen molar-refractivity contribution < 1.29 is 33.4 Å². The van der Waals surface area contributed by atoms with E-state index >= 15 is 0 Å². The van der Waals surface area contributed by atoms with Crippen molar-refractivity contribution in [3.8, 4) is 11.5 Å². The number of nitrogens with one attached hydrogen (secondary N) is 1. The summed E-state index contributed by atoms with van der Waals surface area (Å²) < 4.78 is 17.2. The van der Waals surface area contributed by atoms with Gasteiger partial charge in [-0.3, -0.25) is 19.3 Å². The van der Waals surface area contributed by atoms with Gasteiger partial charge in [-0.05, 0) is 59.8 Å².